The summed E-state index contributed by atoms with van der Waals surface area (Å²) < 4.78 is 9.68. The van der Waals surface area contributed by atoms with Gasteiger partial charge in [0.1, 0.15) is 5.75 Å². The molecular weight excluding hydrogens is 444 g/mol. The molecule has 0 saturated heterocycles. The zero-order valence-electron chi connectivity index (χ0n) is 18.0. The summed E-state index contributed by atoms with van der Waals surface area (Å²) in [5.74, 6) is -0.206. The fourth-order valence-electron chi connectivity index (χ4n) is 2.93. The van der Waals surface area contributed by atoms with Gasteiger partial charge in [-0.3, -0.25) is 9.59 Å². The second-order valence-electron chi connectivity index (χ2n) is 7.02. The van der Waals surface area contributed by atoms with Crippen molar-refractivity contribution in [3.05, 3.63) is 88.9 Å². The molecule has 0 fully saturated rings. The summed E-state index contributed by atoms with van der Waals surface area (Å²) in [6.45, 7) is 1.89. The first-order valence-corrected chi connectivity index (χ1v) is 10.7. The number of anilines is 2. The van der Waals surface area contributed by atoms with Crippen LogP contribution in [0.25, 0.3) is 0 Å². The number of carbonyl (C=O) groups is 3. The predicted molar refractivity (Wildman–Crippen MR) is 127 cm³/mol. The molecule has 0 atom stereocenters. The highest BCUT2D eigenvalue weighted by molar-refractivity contribution is 6.30. The van der Waals surface area contributed by atoms with Gasteiger partial charge in [-0.25, -0.2) is 4.79 Å². The van der Waals surface area contributed by atoms with E-state index in [4.69, 9.17) is 21.1 Å². The second-order valence-corrected chi connectivity index (χ2v) is 7.46. The van der Waals surface area contributed by atoms with E-state index in [0.29, 0.717) is 34.8 Å². The first-order valence-electron chi connectivity index (χ1n) is 10.3. The van der Waals surface area contributed by atoms with Gasteiger partial charge in [0, 0.05) is 28.4 Å². The molecule has 7 nitrogen and oxygen atoms in total. The number of hydrogen-bond acceptors (Lipinski definition) is 5. The number of halogens is 1. The number of aryl methyl sites for hydroxylation is 1. The van der Waals surface area contributed by atoms with Crippen LogP contribution in [0.2, 0.25) is 5.02 Å². The smallest absolute Gasteiger partial charge is 0.434 e. The van der Waals surface area contributed by atoms with E-state index in [0.717, 1.165) is 5.56 Å². The molecule has 0 radical (unpaired) electrons. The van der Waals surface area contributed by atoms with E-state index in [9.17, 15) is 14.4 Å². The van der Waals surface area contributed by atoms with Gasteiger partial charge >= 0.3 is 6.16 Å². The maximum Gasteiger partial charge on any atom is 0.513 e. The lowest BCUT2D eigenvalue weighted by Crippen LogP contribution is -2.14. The summed E-state index contributed by atoms with van der Waals surface area (Å²) in [5, 5.41) is 6.27. The van der Waals surface area contributed by atoms with Gasteiger partial charge in [-0.2, -0.15) is 0 Å². The molecule has 0 aliphatic heterocycles. The fourth-order valence-corrected chi connectivity index (χ4v) is 3.05. The molecule has 8 heteroatoms. The van der Waals surface area contributed by atoms with Crippen LogP contribution >= 0.6 is 11.6 Å². The van der Waals surface area contributed by atoms with E-state index in [2.05, 4.69) is 10.6 Å². The highest BCUT2D eigenvalue weighted by Gasteiger charge is 2.10. The van der Waals surface area contributed by atoms with E-state index in [1.54, 1.807) is 43.3 Å². The number of hydrogen-bond donors (Lipinski definition) is 2. The minimum atomic E-state index is -0.804. The number of amides is 2. The molecule has 0 aliphatic carbocycles. The molecule has 0 aromatic heterocycles. The molecule has 2 amide bonds. The average molecular weight is 467 g/mol. The Balaban J connectivity index is 1.53. The third kappa shape index (κ3) is 7.66. The summed E-state index contributed by atoms with van der Waals surface area (Å²) in [4.78, 5) is 36.2. The molecule has 3 aromatic carbocycles. The van der Waals surface area contributed by atoms with Gasteiger partial charge in [0.2, 0.25) is 5.91 Å². The number of rotatable bonds is 8. The van der Waals surface area contributed by atoms with Crippen molar-refractivity contribution in [1.82, 2.24) is 0 Å². The van der Waals surface area contributed by atoms with Gasteiger partial charge in [-0.1, -0.05) is 29.8 Å². The van der Waals surface area contributed by atoms with Crippen molar-refractivity contribution in [3.8, 4) is 5.75 Å². The lowest BCUT2D eigenvalue weighted by Gasteiger charge is -2.10. The van der Waals surface area contributed by atoms with Gasteiger partial charge in [0.05, 0.1) is 6.61 Å². The van der Waals surface area contributed by atoms with Crippen LogP contribution in [-0.2, 0) is 16.0 Å². The minimum Gasteiger partial charge on any atom is -0.434 e. The monoisotopic (exact) mass is 466 g/mol. The topological polar surface area (TPSA) is 93.7 Å². The van der Waals surface area contributed by atoms with Gasteiger partial charge < -0.3 is 20.1 Å². The Hall–Kier alpha value is -3.84. The van der Waals surface area contributed by atoms with Gasteiger partial charge in [0.15, 0.2) is 0 Å². The Labute approximate surface area is 196 Å². The van der Waals surface area contributed by atoms with Crippen LogP contribution in [-0.4, -0.2) is 24.6 Å². The van der Waals surface area contributed by atoms with Gasteiger partial charge in [-0.15, -0.1) is 0 Å². The average Bonchev–Trinajstić information content (AvgIpc) is 2.79. The van der Waals surface area contributed by atoms with Crippen LogP contribution in [0.1, 0.15) is 29.3 Å². The summed E-state index contributed by atoms with van der Waals surface area (Å²) >= 11 is 5.88. The first-order chi connectivity index (χ1) is 15.9. The van der Waals surface area contributed by atoms with Crippen LogP contribution in [0.4, 0.5) is 16.2 Å². The molecule has 170 valence electrons. The zero-order chi connectivity index (χ0) is 23.6. The Morgan fingerprint density at radius 2 is 1.55 bits per heavy atom. The number of carbonyl (C=O) groups excluding carboxylic acids is 3. The molecule has 0 unspecified atom stereocenters. The van der Waals surface area contributed by atoms with Crippen molar-refractivity contribution in [2.75, 3.05) is 17.2 Å². The second kappa shape index (κ2) is 11.7. The van der Waals surface area contributed by atoms with E-state index in [1.165, 1.54) is 24.3 Å². The van der Waals surface area contributed by atoms with E-state index in [-0.39, 0.29) is 24.2 Å². The molecule has 0 bridgehead atoms. The SMILES string of the molecule is CCOC(=O)Oc1ccc(C(=O)Nc2cccc(NC(=O)CCc3ccc(Cl)cc3)c2)cc1. The van der Waals surface area contributed by atoms with Crippen molar-refractivity contribution >= 4 is 40.9 Å². The number of nitrogens with one attached hydrogen (secondary N) is 2. The Kier molecular flexibility index (Phi) is 8.43. The van der Waals surface area contributed by atoms with E-state index < -0.39 is 6.16 Å². The molecule has 0 aliphatic rings. The summed E-state index contributed by atoms with van der Waals surface area (Å²) in [6.07, 6.45) is 0.107. The zero-order valence-corrected chi connectivity index (χ0v) is 18.7. The van der Waals surface area contributed by atoms with E-state index in [1.807, 2.05) is 12.1 Å². The predicted octanol–water partition coefficient (Wildman–Crippen LogP) is 5.70. The fraction of sp³-hybridized carbons (Fsp3) is 0.160. The molecular formula is C25H23ClN2O5. The third-order valence-electron chi connectivity index (χ3n) is 4.54. The molecule has 0 heterocycles. The quantitative estimate of drug-likeness (QED) is 0.328. The maximum absolute atomic E-state index is 12.5. The van der Waals surface area contributed by atoms with Crippen molar-refractivity contribution in [2.24, 2.45) is 0 Å². The highest BCUT2D eigenvalue weighted by Crippen LogP contribution is 2.18. The lowest BCUT2D eigenvalue weighted by atomic mass is 10.1. The normalized spacial score (nSPS) is 10.2. The Morgan fingerprint density at radius 1 is 0.879 bits per heavy atom. The van der Waals surface area contributed by atoms with Gasteiger partial charge in [0.25, 0.3) is 5.91 Å². The third-order valence-corrected chi connectivity index (χ3v) is 4.79. The van der Waals surface area contributed by atoms with Crippen LogP contribution in [0.5, 0.6) is 5.75 Å². The first kappa shape index (κ1) is 23.8. The molecule has 0 spiro atoms. The van der Waals surface area contributed by atoms with Gasteiger partial charge in [-0.05, 0) is 73.5 Å². The van der Waals surface area contributed by atoms with Crippen LogP contribution in [0.15, 0.2) is 72.8 Å². The van der Waals surface area contributed by atoms with Crippen LogP contribution in [0.3, 0.4) is 0 Å². The molecule has 0 saturated carbocycles. The number of ether oxygens (including phenoxy) is 2. The molecule has 3 aromatic rings. The van der Waals surface area contributed by atoms with Crippen molar-refractivity contribution < 1.29 is 23.9 Å². The molecule has 2 N–H and O–H groups in total. The number of benzene rings is 3. The molecule has 33 heavy (non-hydrogen) atoms. The van der Waals surface area contributed by atoms with Crippen LogP contribution < -0.4 is 15.4 Å². The van der Waals surface area contributed by atoms with E-state index >= 15 is 0 Å². The minimum absolute atomic E-state index is 0.134. The standard InChI is InChI=1S/C25H23ClN2O5/c1-2-32-25(31)33-22-13-9-18(10-14-22)24(30)28-21-5-3-4-20(16-21)27-23(29)15-8-17-6-11-19(26)12-7-17/h3-7,9-14,16H,2,8,15H2,1H3,(H,27,29)(H,28,30). The summed E-state index contributed by atoms with van der Waals surface area (Å²) in [7, 11) is 0. The van der Waals surface area contributed by atoms with Crippen LogP contribution in [0, 0.1) is 0 Å². The molecule has 3 rings (SSSR count). The van der Waals surface area contributed by atoms with Crippen molar-refractivity contribution in [2.45, 2.75) is 19.8 Å². The Morgan fingerprint density at radius 3 is 2.21 bits per heavy atom. The summed E-state index contributed by atoms with van der Waals surface area (Å²) in [6, 6.07) is 20.3. The Bertz CT molecular complexity index is 1110. The van der Waals surface area contributed by atoms with Crippen molar-refractivity contribution in [3.63, 3.8) is 0 Å². The highest BCUT2D eigenvalue weighted by atomic mass is 35.5. The summed E-state index contributed by atoms with van der Waals surface area (Å²) in [5.41, 5.74) is 2.51. The maximum atomic E-state index is 12.5. The largest absolute Gasteiger partial charge is 0.513 e. The lowest BCUT2D eigenvalue weighted by molar-refractivity contribution is -0.116. The van der Waals surface area contributed by atoms with Crippen molar-refractivity contribution in [1.29, 1.82) is 0 Å².